The maximum Gasteiger partial charge on any atom is 0.311 e. The topological polar surface area (TPSA) is 158 Å². The van der Waals surface area contributed by atoms with Gasteiger partial charge in [0.15, 0.2) is 0 Å². The summed E-state index contributed by atoms with van der Waals surface area (Å²) < 4.78 is 38.3. The van der Waals surface area contributed by atoms with E-state index in [2.05, 4.69) is 41.5 Å². The highest BCUT2D eigenvalue weighted by molar-refractivity contribution is 5.78. The van der Waals surface area contributed by atoms with E-state index in [0.717, 1.165) is 117 Å². The minimum atomic E-state index is -0.407. The highest BCUT2D eigenvalue weighted by Gasteiger charge is 2.72. The van der Waals surface area contributed by atoms with Crippen LogP contribution in [0.25, 0.3) is 0 Å². The summed E-state index contributed by atoms with van der Waals surface area (Å²) in [6, 6.07) is 0. The molecule has 12 nitrogen and oxygen atoms in total. The third-order valence-corrected chi connectivity index (χ3v) is 38.4. The van der Waals surface area contributed by atoms with Gasteiger partial charge < -0.3 is 28.4 Å². The predicted molar refractivity (Wildman–Crippen MR) is 385 cm³/mol. The molecule has 102 heavy (non-hydrogen) atoms. The highest BCUT2D eigenvalue weighted by Crippen LogP contribution is 2.74. The molecule has 25 atom stereocenters. The van der Waals surface area contributed by atoms with Crippen molar-refractivity contribution in [1.29, 1.82) is 0 Å². The number of ether oxygens (including phenoxy) is 6. The van der Waals surface area contributed by atoms with E-state index in [-0.39, 0.29) is 94.6 Å². The van der Waals surface area contributed by atoms with Gasteiger partial charge in [-0.25, -0.2) is 0 Å². The van der Waals surface area contributed by atoms with Crippen LogP contribution in [-0.2, 0) is 57.2 Å². The van der Waals surface area contributed by atoms with Crippen molar-refractivity contribution in [1.82, 2.24) is 0 Å². The molecule has 0 aliphatic heterocycles. The van der Waals surface area contributed by atoms with Crippen molar-refractivity contribution < 1.29 is 57.2 Å². The fourth-order valence-corrected chi connectivity index (χ4v) is 33.4. The van der Waals surface area contributed by atoms with Crippen LogP contribution in [0.3, 0.4) is 0 Å². The average molecular weight is 1410 g/mol. The van der Waals surface area contributed by atoms with E-state index in [1.807, 2.05) is 34.6 Å². The van der Waals surface area contributed by atoms with E-state index in [0.29, 0.717) is 124 Å². The van der Waals surface area contributed by atoms with Gasteiger partial charge in [-0.3, -0.25) is 28.8 Å². The molecule has 24 aliphatic carbocycles. The molecule has 24 bridgehead atoms. The number of carbonyl (C=O) groups excluding carboxylic acids is 6. The quantitative estimate of drug-likeness (QED) is 0.0819. The van der Waals surface area contributed by atoms with Gasteiger partial charge >= 0.3 is 35.8 Å². The monoisotopic (exact) mass is 1400 g/mol. The van der Waals surface area contributed by atoms with Crippen LogP contribution in [0.15, 0.2) is 0 Å². The van der Waals surface area contributed by atoms with Crippen LogP contribution in [0.1, 0.15) is 275 Å². The van der Waals surface area contributed by atoms with Crippen molar-refractivity contribution >= 4 is 35.8 Å². The molecule has 25 unspecified atom stereocenters. The van der Waals surface area contributed by atoms with Crippen molar-refractivity contribution in [3.63, 3.8) is 0 Å². The Kier molecular flexibility index (Phi) is 16.8. The van der Waals surface area contributed by atoms with Gasteiger partial charge in [0.05, 0.1) is 34.5 Å². The van der Waals surface area contributed by atoms with E-state index in [1.54, 1.807) is 0 Å². The van der Waals surface area contributed by atoms with Crippen LogP contribution in [0.4, 0.5) is 0 Å². The fourth-order valence-electron chi connectivity index (χ4n) is 33.4. The van der Waals surface area contributed by atoms with E-state index in [4.69, 9.17) is 28.4 Å². The lowest BCUT2D eigenvalue weighted by Gasteiger charge is -2.60. The average Bonchev–Trinajstić information content (AvgIpc) is 1.45. The molecule has 12 heteroatoms. The zero-order valence-electron chi connectivity index (χ0n) is 64.7. The lowest BCUT2D eigenvalue weighted by Crippen LogP contribution is -2.60. The summed E-state index contributed by atoms with van der Waals surface area (Å²) in [5, 5.41) is 0. The minimum Gasteiger partial charge on any atom is -0.462 e. The van der Waals surface area contributed by atoms with E-state index in [9.17, 15) is 28.8 Å². The third-order valence-electron chi connectivity index (χ3n) is 38.4. The Labute approximate surface area is 612 Å². The lowest BCUT2D eigenvalue weighted by molar-refractivity contribution is -0.217. The molecule has 0 N–H and O–H groups in total. The van der Waals surface area contributed by atoms with E-state index >= 15 is 0 Å². The van der Waals surface area contributed by atoms with Crippen LogP contribution in [0.2, 0.25) is 0 Å². The molecular formula is C90H132O12. The van der Waals surface area contributed by atoms with Gasteiger partial charge in [-0.2, -0.15) is 0 Å². The molecule has 0 aromatic rings. The van der Waals surface area contributed by atoms with Crippen LogP contribution in [0, 0.1) is 212 Å². The Morgan fingerprint density at radius 2 is 0.627 bits per heavy atom. The number of rotatable bonds is 16. The number of carbonyl (C=O) groups is 6. The van der Waals surface area contributed by atoms with Crippen molar-refractivity contribution in [3.8, 4) is 0 Å². The maximum absolute atomic E-state index is 13.9. The number of esters is 6. The summed E-state index contributed by atoms with van der Waals surface area (Å²) in [4.78, 5) is 79.6. The minimum absolute atomic E-state index is 0.00981. The Morgan fingerprint density at radius 3 is 0.931 bits per heavy atom. The van der Waals surface area contributed by atoms with Crippen molar-refractivity contribution in [3.05, 3.63) is 0 Å². The first-order valence-electron chi connectivity index (χ1n) is 44.1. The summed E-state index contributed by atoms with van der Waals surface area (Å²) in [5.41, 5.74) is -1.42. The molecule has 24 saturated carbocycles. The summed E-state index contributed by atoms with van der Waals surface area (Å²) in [7, 11) is 0. The predicted octanol–water partition coefficient (Wildman–Crippen LogP) is 18.1. The first-order valence-corrected chi connectivity index (χ1v) is 44.1. The molecule has 24 aliphatic rings. The lowest BCUT2D eigenvalue weighted by atomic mass is 9.49. The summed E-state index contributed by atoms with van der Waals surface area (Å²) in [6.07, 6.45) is 37.0. The van der Waals surface area contributed by atoms with E-state index in [1.165, 1.54) is 135 Å². The van der Waals surface area contributed by atoms with Crippen LogP contribution >= 0.6 is 0 Å². The Bertz CT molecular complexity index is 3240. The Morgan fingerprint density at radius 1 is 0.343 bits per heavy atom. The molecule has 0 aromatic carbocycles. The zero-order chi connectivity index (χ0) is 70.5. The largest absolute Gasteiger partial charge is 0.462 e. The summed E-state index contributed by atoms with van der Waals surface area (Å²) >= 11 is 0. The van der Waals surface area contributed by atoms with Crippen LogP contribution < -0.4 is 0 Å². The molecule has 564 valence electrons. The van der Waals surface area contributed by atoms with Gasteiger partial charge in [-0.15, -0.1) is 0 Å². The maximum atomic E-state index is 13.9. The van der Waals surface area contributed by atoms with E-state index < -0.39 is 10.8 Å². The van der Waals surface area contributed by atoms with Gasteiger partial charge in [-0.05, 0) is 418 Å². The van der Waals surface area contributed by atoms with Crippen LogP contribution in [0.5, 0.6) is 0 Å². The summed E-state index contributed by atoms with van der Waals surface area (Å²) in [5.74, 6) is 20.6. The fraction of sp³-hybridized carbons (Fsp3) is 0.933. The zero-order valence-corrected chi connectivity index (χ0v) is 64.7. The van der Waals surface area contributed by atoms with Crippen LogP contribution in [-0.4, -0.2) is 70.9 Å². The smallest absolute Gasteiger partial charge is 0.311 e. The number of hydrogen-bond acceptors (Lipinski definition) is 12. The normalized spacial score (nSPS) is 54.0. The van der Waals surface area contributed by atoms with Gasteiger partial charge in [0, 0.05) is 0 Å². The van der Waals surface area contributed by atoms with Gasteiger partial charge in [0.2, 0.25) is 0 Å². The molecule has 0 heterocycles. The Hall–Kier alpha value is -3.18. The molecule has 0 spiro atoms. The SMILES string of the molecule is CCC(C)(C)C(=O)OC1CC2CC1C1C3CC(CC3C(=O)OC3(C)C4CC5CC(C4)CC3C5)C21.CCC(C)(C)C(=O)OC1CC2CC1C1C3CC(CC3C(=O)OC3(CC)C4CC5CC(C4)CC3C5)C21.CCC(C)C(=O)OC1CC2CC1C1C3CC(CC3C(=O)OC3(C)C4CC5CC(C4)CC3C5)C21. The highest BCUT2D eigenvalue weighted by atomic mass is 16.6. The first-order chi connectivity index (χ1) is 48.8. The third kappa shape index (κ3) is 10.5. The second-order valence-corrected chi connectivity index (χ2v) is 43.2. The van der Waals surface area contributed by atoms with Gasteiger partial charge in [0.1, 0.15) is 35.1 Å². The molecule has 0 saturated heterocycles. The first kappa shape index (κ1) is 69.3. The second-order valence-electron chi connectivity index (χ2n) is 43.2. The van der Waals surface area contributed by atoms with Crippen molar-refractivity contribution in [2.45, 2.75) is 310 Å². The molecule has 0 radical (unpaired) electrons. The Balaban J connectivity index is 0.000000106. The van der Waals surface area contributed by atoms with Gasteiger partial charge in [0.25, 0.3) is 0 Å². The standard InChI is InChI=1S/C31H46O4.C30H44O4.C29H42O4/c1-5-30(3,4)29(33)34-25-15-19-14-24(25)27-22-12-18(26(19)27)13-23(22)28(32)35-31(6-2)20-8-16-7-17(10-20)11-21(31)9-16;1-5-29(2,3)28(32)33-24-14-18-13-23(24)26-21-11-17(25(18)26)12-22(21)27(31)34-30(4)19-7-15-6-16(9-19)10-20(30)8-15;1-4-14(2)27(30)32-24-13-18-12-23(24)26-21-10-17(25(18)26)11-22(21)28(31)33-29(3)19-6-15-5-16(8-19)9-20(29)7-15/h16-27H,5-15H2,1-4H3;15-26H,5-14H2,1-4H3;14-26H,4-13H2,1-3H3. The molecule has 0 amide bonds. The summed E-state index contributed by atoms with van der Waals surface area (Å²) in [6.45, 7) is 23.0. The number of hydrogen-bond donors (Lipinski definition) is 0. The second kappa shape index (κ2) is 24.7. The molecule has 0 aromatic heterocycles. The molecular weight excluding hydrogens is 1270 g/mol. The van der Waals surface area contributed by atoms with Crippen molar-refractivity contribution in [2.24, 2.45) is 212 Å². The molecule has 24 fully saturated rings. The van der Waals surface area contributed by atoms with Gasteiger partial charge in [-0.1, -0.05) is 34.6 Å². The van der Waals surface area contributed by atoms with Crippen molar-refractivity contribution in [2.75, 3.05) is 0 Å². The molecule has 24 rings (SSSR count). The number of fused-ring (bicyclic) bond motifs is 27.